The molecule has 0 spiro atoms. The first-order valence-corrected chi connectivity index (χ1v) is 8.07. The topological polar surface area (TPSA) is 33.2 Å². The number of carbonyl (C=O) groups is 1. The first kappa shape index (κ1) is 15.7. The first-order chi connectivity index (χ1) is 11.1. The Morgan fingerprint density at radius 3 is 2.52 bits per heavy atom. The standard InChI is InChI=1S/C19H21FN2O/c1-13-8-15(10-16(20)9-13)17-11-21-14(2)18(12-23)19(17)22-6-4-3-5-7-22/h8-12H,3-7H2,1-2H3. The molecule has 0 atom stereocenters. The molecule has 4 heteroatoms. The third kappa shape index (κ3) is 3.11. The van der Waals surface area contributed by atoms with E-state index in [1.54, 1.807) is 6.20 Å². The molecule has 1 saturated heterocycles. The van der Waals surface area contributed by atoms with Gasteiger partial charge in [0.15, 0.2) is 6.29 Å². The Hall–Kier alpha value is -2.23. The van der Waals surface area contributed by atoms with Crippen molar-refractivity contribution in [2.45, 2.75) is 33.1 Å². The summed E-state index contributed by atoms with van der Waals surface area (Å²) in [6.45, 7) is 5.56. The molecule has 1 aliphatic rings. The van der Waals surface area contributed by atoms with E-state index in [9.17, 15) is 9.18 Å². The molecule has 0 aliphatic carbocycles. The maximum atomic E-state index is 13.8. The fourth-order valence-corrected chi connectivity index (χ4v) is 3.31. The van der Waals surface area contributed by atoms with Crippen LogP contribution in [0.5, 0.6) is 0 Å². The molecule has 1 aromatic heterocycles. The van der Waals surface area contributed by atoms with E-state index >= 15 is 0 Å². The molecule has 1 aromatic carbocycles. The van der Waals surface area contributed by atoms with Gasteiger partial charge in [0.2, 0.25) is 0 Å². The number of aryl methyl sites for hydroxylation is 2. The molecule has 0 unspecified atom stereocenters. The highest BCUT2D eigenvalue weighted by Gasteiger charge is 2.21. The number of aldehydes is 1. The summed E-state index contributed by atoms with van der Waals surface area (Å²) in [5.41, 5.74) is 4.71. The molecule has 23 heavy (non-hydrogen) atoms. The zero-order chi connectivity index (χ0) is 16.4. The predicted octanol–water partition coefficient (Wildman–Crippen LogP) is 4.31. The Labute approximate surface area is 136 Å². The summed E-state index contributed by atoms with van der Waals surface area (Å²) in [4.78, 5) is 18.3. The van der Waals surface area contributed by atoms with Crippen LogP contribution in [0.3, 0.4) is 0 Å². The van der Waals surface area contributed by atoms with Gasteiger partial charge in [0.25, 0.3) is 0 Å². The van der Waals surface area contributed by atoms with Crippen molar-refractivity contribution in [1.82, 2.24) is 4.98 Å². The quantitative estimate of drug-likeness (QED) is 0.792. The van der Waals surface area contributed by atoms with Gasteiger partial charge in [0.05, 0.1) is 11.3 Å². The minimum absolute atomic E-state index is 0.266. The molecule has 2 heterocycles. The molecule has 120 valence electrons. The molecule has 1 fully saturated rings. The van der Waals surface area contributed by atoms with Crippen molar-refractivity contribution < 1.29 is 9.18 Å². The summed E-state index contributed by atoms with van der Waals surface area (Å²) >= 11 is 0. The number of anilines is 1. The molecule has 1 aliphatic heterocycles. The van der Waals surface area contributed by atoms with Crippen LogP contribution < -0.4 is 4.90 Å². The van der Waals surface area contributed by atoms with Crippen molar-refractivity contribution in [2.75, 3.05) is 18.0 Å². The third-order valence-electron chi connectivity index (χ3n) is 4.43. The third-order valence-corrected chi connectivity index (χ3v) is 4.43. The van der Waals surface area contributed by atoms with Crippen molar-refractivity contribution >= 4 is 12.0 Å². The molecule has 0 N–H and O–H groups in total. The monoisotopic (exact) mass is 312 g/mol. The van der Waals surface area contributed by atoms with Crippen LogP contribution >= 0.6 is 0 Å². The normalized spacial score (nSPS) is 14.8. The second-order valence-corrected chi connectivity index (χ2v) is 6.20. The first-order valence-electron chi connectivity index (χ1n) is 8.07. The zero-order valence-corrected chi connectivity index (χ0v) is 13.6. The zero-order valence-electron chi connectivity index (χ0n) is 13.6. The highest BCUT2D eigenvalue weighted by atomic mass is 19.1. The van der Waals surface area contributed by atoms with Crippen LogP contribution in [-0.4, -0.2) is 24.4 Å². The van der Waals surface area contributed by atoms with Crippen LogP contribution in [0, 0.1) is 19.7 Å². The number of pyridine rings is 1. The van der Waals surface area contributed by atoms with E-state index < -0.39 is 0 Å². The Kier molecular flexibility index (Phi) is 4.42. The Morgan fingerprint density at radius 2 is 1.87 bits per heavy atom. The van der Waals surface area contributed by atoms with E-state index in [-0.39, 0.29) is 5.82 Å². The Morgan fingerprint density at radius 1 is 1.13 bits per heavy atom. The van der Waals surface area contributed by atoms with E-state index in [4.69, 9.17) is 0 Å². The van der Waals surface area contributed by atoms with Crippen molar-refractivity contribution in [3.63, 3.8) is 0 Å². The van der Waals surface area contributed by atoms with Crippen molar-refractivity contribution in [3.8, 4) is 11.1 Å². The lowest BCUT2D eigenvalue weighted by Crippen LogP contribution is -2.31. The number of piperidine rings is 1. The van der Waals surface area contributed by atoms with Gasteiger partial charge in [-0.3, -0.25) is 9.78 Å². The lowest BCUT2D eigenvalue weighted by Gasteiger charge is -2.32. The van der Waals surface area contributed by atoms with Gasteiger partial charge >= 0.3 is 0 Å². The number of nitrogens with zero attached hydrogens (tertiary/aromatic N) is 2. The van der Waals surface area contributed by atoms with Gasteiger partial charge in [0, 0.05) is 30.5 Å². The minimum atomic E-state index is -0.266. The van der Waals surface area contributed by atoms with E-state index in [2.05, 4.69) is 9.88 Å². The van der Waals surface area contributed by atoms with Crippen LogP contribution in [0.1, 0.15) is 40.9 Å². The minimum Gasteiger partial charge on any atom is -0.370 e. The van der Waals surface area contributed by atoms with Gasteiger partial charge in [-0.25, -0.2) is 4.39 Å². The van der Waals surface area contributed by atoms with E-state index in [0.29, 0.717) is 5.56 Å². The smallest absolute Gasteiger partial charge is 0.153 e. The number of hydrogen-bond donors (Lipinski definition) is 0. The van der Waals surface area contributed by atoms with Gasteiger partial charge in [-0.1, -0.05) is 6.07 Å². The van der Waals surface area contributed by atoms with Crippen LogP contribution in [0.4, 0.5) is 10.1 Å². The van der Waals surface area contributed by atoms with E-state index in [1.165, 1.54) is 18.6 Å². The van der Waals surface area contributed by atoms with E-state index in [0.717, 1.165) is 60.3 Å². The lowest BCUT2D eigenvalue weighted by atomic mass is 9.97. The van der Waals surface area contributed by atoms with Gasteiger partial charge < -0.3 is 4.90 Å². The average molecular weight is 312 g/mol. The highest BCUT2D eigenvalue weighted by molar-refractivity contribution is 5.94. The summed E-state index contributed by atoms with van der Waals surface area (Å²) in [5, 5.41) is 0. The maximum Gasteiger partial charge on any atom is 0.153 e. The maximum absolute atomic E-state index is 13.8. The Bertz CT molecular complexity index is 716. The number of hydrogen-bond acceptors (Lipinski definition) is 3. The van der Waals surface area contributed by atoms with Crippen molar-refractivity contribution in [2.24, 2.45) is 0 Å². The molecule has 0 amide bonds. The summed E-state index contributed by atoms with van der Waals surface area (Å²) in [5.74, 6) is -0.266. The molecule has 3 nitrogen and oxygen atoms in total. The van der Waals surface area contributed by atoms with Crippen LogP contribution in [0.25, 0.3) is 11.1 Å². The average Bonchev–Trinajstić information content (AvgIpc) is 2.54. The fraction of sp³-hybridized carbons (Fsp3) is 0.368. The second-order valence-electron chi connectivity index (χ2n) is 6.20. The van der Waals surface area contributed by atoms with Gasteiger partial charge in [-0.2, -0.15) is 0 Å². The predicted molar refractivity (Wildman–Crippen MR) is 90.6 cm³/mol. The molecule has 0 bridgehead atoms. The molecule has 3 rings (SSSR count). The van der Waals surface area contributed by atoms with Crippen LogP contribution in [0.15, 0.2) is 24.4 Å². The fourth-order valence-electron chi connectivity index (χ4n) is 3.31. The lowest BCUT2D eigenvalue weighted by molar-refractivity contribution is 0.112. The summed E-state index contributed by atoms with van der Waals surface area (Å²) < 4.78 is 13.8. The largest absolute Gasteiger partial charge is 0.370 e. The van der Waals surface area contributed by atoms with Crippen molar-refractivity contribution in [1.29, 1.82) is 0 Å². The van der Waals surface area contributed by atoms with Gasteiger partial charge in [-0.05, 0) is 56.4 Å². The molecule has 0 saturated carbocycles. The second kappa shape index (κ2) is 6.49. The molecule has 0 radical (unpaired) electrons. The molecular formula is C19H21FN2O. The molecular weight excluding hydrogens is 291 g/mol. The number of halogens is 1. The number of carbonyl (C=O) groups excluding carboxylic acids is 1. The summed E-state index contributed by atoms with van der Waals surface area (Å²) in [7, 11) is 0. The number of aromatic nitrogens is 1. The summed E-state index contributed by atoms with van der Waals surface area (Å²) in [6.07, 6.45) is 6.08. The number of rotatable bonds is 3. The van der Waals surface area contributed by atoms with Gasteiger partial charge in [0.1, 0.15) is 5.82 Å². The highest BCUT2D eigenvalue weighted by Crippen LogP contribution is 2.36. The number of benzene rings is 1. The molecule has 2 aromatic rings. The van der Waals surface area contributed by atoms with E-state index in [1.807, 2.05) is 19.9 Å². The SMILES string of the molecule is Cc1cc(F)cc(-c2cnc(C)c(C=O)c2N2CCCCC2)c1. The van der Waals surface area contributed by atoms with Crippen LogP contribution in [-0.2, 0) is 0 Å². The van der Waals surface area contributed by atoms with Gasteiger partial charge in [-0.15, -0.1) is 0 Å². The van der Waals surface area contributed by atoms with Crippen molar-refractivity contribution in [3.05, 3.63) is 47.0 Å². The Balaban J connectivity index is 2.21. The van der Waals surface area contributed by atoms with Crippen LogP contribution in [0.2, 0.25) is 0 Å². The summed E-state index contributed by atoms with van der Waals surface area (Å²) in [6, 6.07) is 4.96.